The molecule has 2 atom stereocenters. The highest BCUT2D eigenvalue weighted by Gasteiger charge is 2.51. The lowest BCUT2D eigenvalue weighted by atomic mass is 9.78. The van der Waals surface area contributed by atoms with Gasteiger partial charge in [0.1, 0.15) is 5.78 Å². The van der Waals surface area contributed by atoms with Crippen LogP contribution in [-0.4, -0.2) is 78.4 Å². The molecule has 71 heavy (non-hydrogen) atoms. The number of nitrogens with one attached hydrogen (secondary N) is 4. The molecule has 2 unspecified atom stereocenters. The van der Waals surface area contributed by atoms with Crippen LogP contribution >= 0.6 is 0 Å². The highest BCUT2D eigenvalue weighted by molar-refractivity contribution is 6.49. The fourth-order valence-electron chi connectivity index (χ4n) is 5.90. The summed E-state index contributed by atoms with van der Waals surface area (Å²) < 4.78 is 1.91. The highest BCUT2D eigenvalue weighted by Crippen LogP contribution is 2.32. The van der Waals surface area contributed by atoms with Crippen molar-refractivity contribution >= 4 is 29.2 Å². The number of aromatic nitrogens is 3. The largest absolute Gasteiger partial charge is 0.351 e. The summed E-state index contributed by atoms with van der Waals surface area (Å²) in [5.41, 5.74) is 0.978. The Hall–Kier alpha value is -2.99. The van der Waals surface area contributed by atoms with Gasteiger partial charge in [0.2, 0.25) is 23.4 Å². The van der Waals surface area contributed by atoms with Crippen molar-refractivity contribution in [2.45, 2.75) is 307 Å². The number of Topliss-reactive ketones (excluding diaryl/α,β-unsaturated/α-hetero) is 3. The molecular formula is C59H121N7O5. The van der Waals surface area contributed by atoms with Crippen molar-refractivity contribution < 1.29 is 24.0 Å². The van der Waals surface area contributed by atoms with Crippen LogP contribution in [0.3, 0.4) is 0 Å². The van der Waals surface area contributed by atoms with Crippen LogP contribution in [0.2, 0.25) is 0 Å². The van der Waals surface area contributed by atoms with E-state index >= 15 is 0 Å². The van der Waals surface area contributed by atoms with Crippen molar-refractivity contribution in [2.24, 2.45) is 33.5 Å². The van der Waals surface area contributed by atoms with Gasteiger partial charge in [0.05, 0.1) is 23.3 Å². The van der Waals surface area contributed by atoms with E-state index in [1.807, 2.05) is 149 Å². The van der Waals surface area contributed by atoms with Gasteiger partial charge >= 0.3 is 0 Å². The van der Waals surface area contributed by atoms with Crippen molar-refractivity contribution in [3.8, 4) is 0 Å². The fraction of sp³-hybridized carbons (Fsp3) is 0.881. The molecule has 0 saturated heterocycles. The molecule has 1 aromatic rings. The molecule has 0 bridgehead atoms. The van der Waals surface area contributed by atoms with Gasteiger partial charge in [0, 0.05) is 51.0 Å². The van der Waals surface area contributed by atoms with Gasteiger partial charge in [-0.05, 0) is 140 Å². The maximum atomic E-state index is 11.5. The Morgan fingerprint density at radius 2 is 0.803 bits per heavy atom. The Morgan fingerprint density at radius 3 is 0.901 bits per heavy atom. The van der Waals surface area contributed by atoms with E-state index in [0.717, 1.165) is 18.0 Å². The Morgan fingerprint density at radius 1 is 0.521 bits per heavy atom. The van der Waals surface area contributed by atoms with E-state index in [4.69, 9.17) is 0 Å². The van der Waals surface area contributed by atoms with Crippen LogP contribution in [0.15, 0.2) is 6.20 Å². The fourth-order valence-corrected chi connectivity index (χ4v) is 5.90. The maximum Gasteiger partial charge on any atom is 0.225 e. The van der Waals surface area contributed by atoms with Crippen LogP contribution in [0.1, 0.15) is 268 Å². The number of amides is 2. The lowest BCUT2D eigenvalue weighted by Crippen LogP contribution is -2.73. The van der Waals surface area contributed by atoms with Crippen LogP contribution in [0.5, 0.6) is 0 Å². The molecule has 0 aliphatic heterocycles. The second kappa shape index (κ2) is 29.8. The molecule has 0 radical (unpaired) electrons. The Labute approximate surface area is 440 Å². The predicted octanol–water partition coefficient (Wildman–Crippen LogP) is 13.6. The number of carbonyl (C=O) groups is 5. The first-order valence-electron chi connectivity index (χ1n) is 26.3. The third kappa shape index (κ3) is 49.0. The summed E-state index contributed by atoms with van der Waals surface area (Å²) >= 11 is 0. The monoisotopic (exact) mass is 1010 g/mol. The summed E-state index contributed by atoms with van der Waals surface area (Å²) in [6.07, 6.45) is 4.04. The average molecular weight is 1010 g/mol. The average Bonchev–Trinajstić information content (AvgIpc) is 3.55. The number of hydrogen-bond acceptors (Lipinski definition) is 9. The van der Waals surface area contributed by atoms with Crippen LogP contribution in [0, 0.1) is 33.5 Å². The summed E-state index contributed by atoms with van der Waals surface area (Å²) in [6, 6.07) is -0.765. The molecule has 12 heteroatoms. The number of hydrogen-bond donors (Lipinski definition) is 4. The van der Waals surface area contributed by atoms with Crippen molar-refractivity contribution in [1.29, 1.82) is 0 Å². The first-order chi connectivity index (χ1) is 30.5. The Bertz CT molecular complexity index is 1590. The molecule has 12 nitrogen and oxygen atoms in total. The van der Waals surface area contributed by atoms with E-state index in [1.54, 1.807) is 6.92 Å². The number of rotatable bonds is 4. The normalized spacial score (nSPS) is 15.7. The van der Waals surface area contributed by atoms with Gasteiger partial charge in [-0.2, -0.15) is 0 Å². The maximum absolute atomic E-state index is 11.5. The zero-order chi connectivity index (χ0) is 58.7. The van der Waals surface area contributed by atoms with Crippen molar-refractivity contribution in [3.05, 3.63) is 11.9 Å². The van der Waals surface area contributed by atoms with E-state index in [-0.39, 0.29) is 85.2 Å². The first kappa shape index (κ1) is 76.9. The summed E-state index contributed by atoms with van der Waals surface area (Å²) in [4.78, 5) is 56.0. The second-order valence-corrected chi connectivity index (χ2v) is 31.2. The zero-order valence-electron chi connectivity index (χ0n) is 53.7. The molecule has 4 N–H and O–H groups in total. The third-order valence-corrected chi connectivity index (χ3v) is 8.36. The molecule has 1 aliphatic rings. The van der Waals surface area contributed by atoms with E-state index in [2.05, 4.69) is 135 Å². The zero-order valence-corrected chi connectivity index (χ0v) is 53.7. The molecule has 1 aliphatic carbocycles. The van der Waals surface area contributed by atoms with Gasteiger partial charge in [-0.1, -0.05) is 144 Å². The number of carbonyl (C=O) groups excluding carboxylic acids is 5. The minimum atomic E-state index is -0.383. The summed E-state index contributed by atoms with van der Waals surface area (Å²) in [7, 11) is 0. The predicted molar refractivity (Wildman–Crippen MR) is 306 cm³/mol. The Balaban J connectivity index is -0.000000246. The van der Waals surface area contributed by atoms with Gasteiger partial charge in [-0.25, -0.2) is 4.68 Å². The molecule has 2 rings (SSSR count). The smallest absolute Gasteiger partial charge is 0.225 e. The SMILES string of the molecule is CC(=O)CC(C)C.CC(C)(C)CC(C)(C)C.CC(C)(C)NC(=O)C(C)(C)C.CC(C)(C)NC(=O)C(C)(C)C.CC(C)(C)NC1C(=O)C(=O)C1NC(C)(C)C.CC(C)(C)c1cn(C(C)(C)C)nn1.CC(C)C. The highest BCUT2D eigenvalue weighted by atomic mass is 16.2. The molecule has 1 saturated carbocycles. The van der Waals surface area contributed by atoms with Gasteiger partial charge in [-0.15, -0.1) is 5.10 Å². The van der Waals surface area contributed by atoms with Crippen molar-refractivity contribution in [3.63, 3.8) is 0 Å². The van der Waals surface area contributed by atoms with Crippen molar-refractivity contribution in [2.75, 3.05) is 0 Å². The molecule has 0 spiro atoms. The minimum Gasteiger partial charge on any atom is -0.351 e. The third-order valence-electron chi connectivity index (χ3n) is 8.36. The number of ketones is 3. The first-order valence-corrected chi connectivity index (χ1v) is 26.3. The van der Waals surface area contributed by atoms with Crippen LogP contribution in [0.25, 0.3) is 0 Å². The topological polar surface area (TPSA) is 164 Å². The Kier molecular flexibility index (Phi) is 32.3. The van der Waals surface area contributed by atoms with E-state index in [0.29, 0.717) is 16.7 Å². The summed E-state index contributed by atoms with van der Waals surface area (Å²) in [5.74, 6) is 1.23. The molecule has 1 fully saturated rings. The van der Waals surface area contributed by atoms with Gasteiger partial charge < -0.3 is 26.1 Å². The summed E-state index contributed by atoms with van der Waals surface area (Å²) in [6.45, 7) is 74.0. The lowest BCUT2D eigenvalue weighted by Gasteiger charge is -2.41. The van der Waals surface area contributed by atoms with Crippen LogP contribution in [-0.2, 0) is 34.9 Å². The molecule has 422 valence electrons. The van der Waals surface area contributed by atoms with Gasteiger partial charge in [0.15, 0.2) is 0 Å². The molecule has 0 aromatic carbocycles. The second-order valence-electron chi connectivity index (χ2n) is 31.2. The molecule has 1 heterocycles. The van der Waals surface area contributed by atoms with E-state index in [9.17, 15) is 24.0 Å². The standard InChI is InChI=1S/C12H22N2O2.C10H19N3.2C9H19NO.C9H20.C6H12O.C4H10/c1-11(2,3)13-7-8(10(16)9(7)15)14-12(4,5)6;1-9(2,3)8-7-13(12-11-8)10(4,5)6;2*1-8(2,3)7(11)10-9(4,5)6;1-8(2,3)7-9(4,5)6;1-5(2)4-6(3)7;1-4(2)3/h7-8,13-14H,1-6H3;7H,1-6H3;2*1-6H3,(H,10,11);7H2,1-6H3;5H,4H2,1-3H3;4H,1-3H3. The minimum absolute atomic E-state index is 0.0243. The van der Waals surface area contributed by atoms with Gasteiger partial charge in [0.25, 0.3) is 0 Å². The molecule has 1 aromatic heterocycles. The lowest BCUT2D eigenvalue weighted by molar-refractivity contribution is -0.148. The quantitative estimate of drug-likeness (QED) is 0.215. The van der Waals surface area contributed by atoms with Crippen LogP contribution < -0.4 is 21.3 Å². The molecule has 2 amide bonds. The van der Waals surface area contributed by atoms with Crippen molar-refractivity contribution in [1.82, 2.24) is 36.3 Å². The van der Waals surface area contributed by atoms with E-state index < -0.39 is 0 Å². The van der Waals surface area contributed by atoms with Crippen LogP contribution in [0.4, 0.5) is 0 Å². The number of nitrogens with zero attached hydrogens (tertiary/aromatic N) is 3. The van der Waals surface area contributed by atoms with Gasteiger partial charge in [-0.3, -0.25) is 19.2 Å². The summed E-state index contributed by atoms with van der Waals surface area (Å²) in [5, 5.41) is 20.5. The van der Waals surface area contributed by atoms with E-state index in [1.165, 1.54) is 6.42 Å². The molecular weight excluding hydrogens is 887 g/mol.